The van der Waals surface area contributed by atoms with Crippen LogP contribution in [0.15, 0.2) is 46.9 Å². The van der Waals surface area contributed by atoms with Gasteiger partial charge >= 0.3 is 5.97 Å². The fraction of sp³-hybridized carbons (Fsp3) is 0.158. The van der Waals surface area contributed by atoms with E-state index in [-0.39, 0.29) is 41.6 Å². The number of Topliss-reactive ketones (excluding diaryl/α,β-unsaturated/α-hetero) is 1. The Kier molecular flexibility index (Phi) is 4.43. The van der Waals surface area contributed by atoms with E-state index in [1.54, 1.807) is 31.2 Å². The van der Waals surface area contributed by atoms with Gasteiger partial charge in [0, 0.05) is 17.9 Å². The third-order valence-corrected chi connectivity index (χ3v) is 3.70. The second kappa shape index (κ2) is 6.68. The van der Waals surface area contributed by atoms with Gasteiger partial charge in [-0.05, 0) is 42.8 Å². The van der Waals surface area contributed by atoms with Gasteiger partial charge in [-0.15, -0.1) is 0 Å². The maximum absolute atomic E-state index is 12.3. The molecule has 3 aromatic rings. The third kappa shape index (κ3) is 3.47. The average Bonchev–Trinajstić information content (AvgIpc) is 2.98. The molecule has 1 aromatic heterocycles. The van der Waals surface area contributed by atoms with E-state index >= 15 is 0 Å². The minimum Gasteiger partial charge on any atom is -0.508 e. The fourth-order valence-electron chi connectivity index (χ4n) is 2.54. The number of rotatable bonds is 5. The highest BCUT2D eigenvalue weighted by Gasteiger charge is 2.16. The normalized spacial score (nSPS) is 10.8. The molecule has 6 heteroatoms. The molecule has 0 bridgehead atoms. The van der Waals surface area contributed by atoms with E-state index in [2.05, 4.69) is 0 Å². The van der Waals surface area contributed by atoms with E-state index in [4.69, 9.17) is 9.15 Å². The standard InChI is InChI=1S/C19H16O6/c1-2-24-19(23)18-9-12-7-11(3-6-17(12)25-18)8-15(21)14-5-4-13(20)10-16(14)22/h3-7,9-10,20,22H,2,8H2,1H3. The maximum atomic E-state index is 12.3. The van der Waals surface area contributed by atoms with E-state index in [1.165, 1.54) is 12.1 Å². The van der Waals surface area contributed by atoms with E-state index in [9.17, 15) is 19.8 Å². The van der Waals surface area contributed by atoms with Crippen LogP contribution >= 0.6 is 0 Å². The molecule has 0 aliphatic heterocycles. The van der Waals surface area contributed by atoms with Crippen molar-refractivity contribution in [1.29, 1.82) is 0 Å². The van der Waals surface area contributed by atoms with Gasteiger partial charge in [0.15, 0.2) is 5.78 Å². The van der Waals surface area contributed by atoms with Gasteiger partial charge in [0.25, 0.3) is 0 Å². The summed E-state index contributed by atoms with van der Waals surface area (Å²) in [6.07, 6.45) is 0.0637. The van der Waals surface area contributed by atoms with Crippen LogP contribution in [0.1, 0.15) is 33.4 Å². The molecule has 128 valence electrons. The smallest absolute Gasteiger partial charge is 0.374 e. The number of ketones is 1. The molecule has 2 N–H and O–H groups in total. The quantitative estimate of drug-likeness (QED) is 0.545. The molecule has 3 rings (SSSR count). The Morgan fingerprint density at radius 3 is 2.60 bits per heavy atom. The van der Waals surface area contributed by atoms with Gasteiger partial charge in [-0.3, -0.25) is 4.79 Å². The zero-order valence-corrected chi connectivity index (χ0v) is 13.5. The summed E-state index contributed by atoms with van der Waals surface area (Å²) in [4.78, 5) is 24.1. The first-order valence-corrected chi connectivity index (χ1v) is 7.72. The molecule has 0 spiro atoms. The molecule has 0 aliphatic carbocycles. The van der Waals surface area contributed by atoms with Crippen LogP contribution in [0, 0.1) is 0 Å². The van der Waals surface area contributed by atoms with Crippen LogP contribution in [0.25, 0.3) is 11.0 Å². The molecule has 0 fully saturated rings. The number of furan rings is 1. The summed E-state index contributed by atoms with van der Waals surface area (Å²) in [7, 11) is 0. The Balaban J connectivity index is 1.84. The van der Waals surface area contributed by atoms with Crippen LogP contribution in [-0.2, 0) is 11.2 Å². The molecule has 1 heterocycles. The Bertz CT molecular complexity index is 954. The second-order valence-corrected chi connectivity index (χ2v) is 5.50. The van der Waals surface area contributed by atoms with Gasteiger partial charge in [0.1, 0.15) is 17.1 Å². The fourth-order valence-corrected chi connectivity index (χ4v) is 2.54. The van der Waals surface area contributed by atoms with E-state index in [0.29, 0.717) is 16.5 Å². The number of carbonyl (C=O) groups is 2. The highest BCUT2D eigenvalue weighted by molar-refractivity contribution is 6.00. The van der Waals surface area contributed by atoms with Crippen molar-refractivity contribution in [1.82, 2.24) is 0 Å². The van der Waals surface area contributed by atoms with Crippen molar-refractivity contribution in [2.24, 2.45) is 0 Å². The SMILES string of the molecule is CCOC(=O)c1cc2cc(CC(=O)c3ccc(O)cc3O)ccc2o1. The summed E-state index contributed by atoms with van der Waals surface area (Å²) in [5, 5.41) is 19.8. The number of hydrogen-bond donors (Lipinski definition) is 2. The van der Waals surface area contributed by atoms with Crippen molar-refractivity contribution in [3.05, 3.63) is 59.4 Å². The molecule has 2 aromatic carbocycles. The lowest BCUT2D eigenvalue weighted by Crippen LogP contribution is -2.03. The first-order chi connectivity index (χ1) is 12.0. The van der Waals surface area contributed by atoms with Crippen LogP contribution in [0.4, 0.5) is 0 Å². The summed E-state index contributed by atoms with van der Waals surface area (Å²) in [5.74, 6) is -1.09. The number of carbonyl (C=O) groups excluding carboxylic acids is 2. The lowest BCUT2D eigenvalue weighted by molar-refractivity contribution is 0.0492. The van der Waals surface area contributed by atoms with Gasteiger partial charge in [-0.2, -0.15) is 0 Å². The van der Waals surface area contributed by atoms with Crippen LogP contribution < -0.4 is 0 Å². The van der Waals surface area contributed by atoms with Gasteiger partial charge in [0.05, 0.1) is 12.2 Å². The molecule has 0 amide bonds. The number of hydrogen-bond acceptors (Lipinski definition) is 6. The first kappa shape index (κ1) is 16.6. The number of benzene rings is 2. The van der Waals surface area contributed by atoms with Crippen molar-refractivity contribution >= 4 is 22.7 Å². The number of ether oxygens (including phenoxy) is 1. The monoisotopic (exact) mass is 340 g/mol. The van der Waals surface area contributed by atoms with Crippen LogP contribution in [-0.4, -0.2) is 28.6 Å². The zero-order chi connectivity index (χ0) is 18.0. The average molecular weight is 340 g/mol. The Hall–Kier alpha value is -3.28. The maximum Gasteiger partial charge on any atom is 0.374 e. The van der Waals surface area contributed by atoms with Crippen LogP contribution in [0.3, 0.4) is 0 Å². The highest BCUT2D eigenvalue weighted by atomic mass is 16.5. The molecule has 0 atom stereocenters. The Morgan fingerprint density at radius 2 is 1.88 bits per heavy atom. The Morgan fingerprint density at radius 1 is 1.08 bits per heavy atom. The van der Waals surface area contributed by atoms with E-state index in [1.807, 2.05) is 0 Å². The predicted molar refractivity (Wildman–Crippen MR) is 90.0 cm³/mol. The lowest BCUT2D eigenvalue weighted by atomic mass is 10.0. The number of fused-ring (bicyclic) bond motifs is 1. The minimum atomic E-state index is -0.537. The molecule has 0 saturated carbocycles. The summed E-state index contributed by atoms with van der Waals surface area (Å²) >= 11 is 0. The summed E-state index contributed by atoms with van der Waals surface area (Å²) in [6, 6.07) is 10.6. The highest BCUT2D eigenvalue weighted by Crippen LogP contribution is 2.26. The molecule has 25 heavy (non-hydrogen) atoms. The predicted octanol–water partition coefficient (Wildman–Crippen LogP) is 3.45. The minimum absolute atomic E-state index is 0.0637. The first-order valence-electron chi connectivity index (χ1n) is 7.72. The molecule has 0 aliphatic rings. The van der Waals surface area contributed by atoms with Crippen molar-refractivity contribution < 1.29 is 29.0 Å². The molecular weight excluding hydrogens is 324 g/mol. The number of aromatic hydroxyl groups is 2. The van der Waals surface area contributed by atoms with Crippen molar-refractivity contribution in [2.75, 3.05) is 6.61 Å². The van der Waals surface area contributed by atoms with E-state index in [0.717, 1.165) is 6.07 Å². The van der Waals surface area contributed by atoms with Gasteiger partial charge in [0.2, 0.25) is 5.76 Å². The summed E-state index contributed by atoms with van der Waals surface area (Å²) in [5.41, 5.74) is 1.37. The zero-order valence-electron chi connectivity index (χ0n) is 13.5. The Labute approximate surface area is 143 Å². The lowest BCUT2D eigenvalue weighted by Gasteiger charge is -2.05. The van der Waals surface area contributed by atoms with Gasteiger partial charge in [-0.1, -0.05) is 6.07 Å². The topological polar surface area (TPSA) is 97.0 Å². The molecule has 0 radical (unpaired) electrons. The summed E-state index contributed by atoms with van der Waals surface area (Å²) < 4.78 is 10.3. The van der Waals surface area contributed by atoms with Gasteiger partial charge in [-0.25, -0.2) is 4.79 Å². The molecule has 0 saturated heterocycles. The molecule has 0 unspecified atom stereocenters. The summed E-state index contributed by atoms with van der Waals surface area (Å²) in [6.45, 7) is 1.97. The van der Waals surface area contributed by atoms with Crippen molar-refractivity contribution in [2.45, 2.75) is 13.3 Å². The number of phenols is 2. The number of phenolic OH excluding ortho intramolecular Hbond substituents is 2. The van der Waals surface area contributed by atoms with Gasteiger partial charge < -0.3 is 19.4 Å². The largest absolute Gasteiger partial charge is 0.508 e. The molecule has 6 nitrogen and oxygen atoms in total. The van der Waals surface area contributed by atoms with Crippen LogP contribution in [0.5, 0.6) is 11.5 Å². The molecular formula is C19H16O6. The third-order valence-electron chi connectivity index (χ3n) is 3.70. The second-order valence-electron chi connectivity index (χ2n) is 5.50. The van der Waals surface area contributed by atoms with Crippen molar-refractivity contribution in [3.63, 3.8) is 0 Å². The van der Waals surface area contributed by atoms with Crippen molar-refractivity contribution in [3.8, 4) is 11.5 Å². The van der Waals surface area contributed by atoms with E-state index < -0.39 is 5.97 Å². The van der Waals surface area contributed by atoms with Crippen LogP contribution in [0.2, 0.25) is 0 Å². The number of esters is 1.